The van der Waals surface area contributed by atoms with E-state index < -0.39 is 0 Å². The minimum atomic E-state index is 0.640. The molecule has 0 spiro atoms. The van der Waals surface area contributed by atoms with Crippen LogP contribution < -0.4 is 0 Å². The van der Waals surface area contributed by atoms with E-state index in [4.69, 9.17) is 33.8 Å². The Morgan fingerprint density at radius 3 is 0.902 bits per heavy atom. The summed E-state index contributed by atoms with van der Waals surface area (Å²) in [5, 5.41) is 9.35. The summed E-state index contributed by atoms with van der Waals surface area (Å²) in [6.45, 7) is 0. The first-order valence-electron chi connectivity index (χ1n) is 37.7. The Balaban J connectivity index is 0.000000141. The highest BCUT2D eigenvalue weighted by molar-refractivity contribution is 6.14. The second kappa shape index (κ2) is 27.5. The second-order valence-electron chi connectivity index (χ2n) is 28.2. The van der Waals surface area contributed by atoms with E-state index in [1.54, 1.807) is 0 Å². The third kappa shape index (κ3) is 11.7. The molecule has 6 heterocycles. The van der Waals surface area contributed by atoms with Gasteiger partial charge in [0, 0.05) is 99.0 Å². The van der Waals surface area contributed by atoms with E-state index in [1.165, 1.54) is 27.1 Å². The lowest BCUT2D eigenvalue weighted by Crippen LogP contribution is -2.00. The second-order valence-corrected chi connectivity index (χ2v) is 28.2. The van der Waals surface area contributed by atoms with E-state index in [2.05, 4.69) is 282 Å². The summed E-state index contributed by atoms with van der Waals surface area (Å²) in [6.07, 6.45) is 0. The standard InChI is InChI=1S/C52H33N3O.C51H32N4O/c1-3-13-35(14-4-1)46-33-47(36-15-5-2-6-16-36)54-52(53-46)37-27-25-34(26-28-37)38-29-30-49-45(32-38)42-19-7-9-23-48(42)55(49)40-18-11-17-39(31-40)41-21-12-22-44-43-20-8-10-24-50(43)56-51(41)44;1-3-13-34(14-4-1)49-52-50(35-15-5-2-6-16-35)54-51(53-49)36-27-25-33(26-28-36)37-29-30-46-44(32-37)41-19-7-9-23-45(41)55(46)39-18-11-17-38(31-39)40-21-12-22-43-42-20-8-10-24-47(42)56-48(40)43/h1-33H;1-32H. The third-order valence-electron chi connectivity index (χ3n) is 21.5. The van der Waals surface area contributed by atoms with E-state index >= 15 is 0 Å². The number of rotatable bonds is 12. The quantitative estimate of drug-likeness (QED) is 0.120. The van der Waals surface area contributed by atoms with Crippen LogP contribution in [0.5, 0.6) is 0 Å². The molecule has 22 rings (SSSR count). The van der Waals surface area contributed by atoms with Gasteiger partial charge in [0.25, 0.3) is 0 Å². The summed E-state index contributed by atoms with van der Waals surface area (Å²) in [6, 6.07) is 138. The van der Waals surface area contributed by atoms with Gasteiger partial charge in [-0.1, -0.05) is 315 Å². The molecule has 9 nitrogen and oxygen atoms in total. The molecule has 16 aromatic carbocycles. The monoisotopic (exact) mass is 1430 g/mol. The normalized spacial score (nSPS) is 11.6. The Labute approximate surface area is 644 Å². The molecule has 0 radical (unpaired) electrons. The maximum absolute atomic E-state index is 6.43. The minimum absolute atomic E-state index is 0.640. The molecule has 0 saturated heterocycles. The van der Waals surface area contributed by atoms with Gasteiger partial charge in [0.15, 0.2) is 23.3 Å². The number of para-hydroxylation sites is 6. The predicted molar refractivity (Wildman–Crippen MR) is 459 cm³/mol. The van der Waals surface area contributed by atoms with E-state index in [0.29, 0.717) is 23.3 Å². The number of furan rings is 2. The third-order valence-corrected chi connectivity index (χ3v) is 21.5. The van der Waals surface area contributed by atoms with Gasteiger partial charge in [-0.05, 0) is 112 Å². The molecule has 0 unspecified atom stereocenters. The zero-order valence-corrected chi connectivity index (χ0v) is 60.5. The molecular formula is C103H65N7O2. The van der Waals surface area contributed by atoms with Crippen LogP contribution in [0.3, 0.4) is 0 Å². The predicted octanol–water partition coefficient (Wildman–Crippen LogP) is 27.0. The fourth-order valence-corrected chi connectivity index (χ4v) is 16.1. The number of aromatic nitrogens is 7. The largest absolute Gasteiger partial charge is 0.455 e. The van der Waals surface area contributed by atoms with Crippen LogP contribution in [-0.2, 0) is 0 Å². The Morgan fingerprint density at radius 2 is 0.482 bits per heavy atom. The van der Waals surface area contributed by atoms with Gasteiger partial charge < -0.3 is 18.0 Å². The average molecular weight is 1430 g/mol. The van der Waals surface area contributed by atoms with Crippen LogP contribution >= 0.6 is 0 Å². The van der Waals surface area contributed by atoms with Crippen molar-refractivity contribution in [1.82, 2.24) is 34.1 Å². The molecule has 22 aromatic rings. The smallest absolute Gasteiger partial charge is 0.164 e. The Bertz CT molecular complexity index is 6790. The molecule has 0 bridgehead atoms. The van der Waals surface area contributed by atoms with Crippen molar-refractivity contribution in [3.05, 3.63) is 394 Å². The first-order chi connectivity index (χ1) is 55.5. The molecule has 6 aromatic heterocycles. The van der Waals surface area contributed by atoms with Crippen molar-refractivity contribution in [2.75, 3.05) is 0 Å². The summed E-state index contributed by atoms with van der Waals surface area (Å²) in [5.74, 6) is 2.64. The maximum Gasteiger partial charge on any atom is 0.164 e. The summed E-state index contributed by atoms with van der Waals surface area (Å²) < 4.78 is 17.6. The highest BCUT2D eigenvalue weighted by Crippen LogP contribution is 2.43. The molecule has 9 heteroatoms. The molecule has 0 amide bonds. The summed E-state index contributed by atoms with van der Waals surface area (Å²) in [7, 11) is 0. The van der Waals surface area contributed by atoms with E-state index in [1.807, 2.05) is 121 Å². The van der Waals surface area contributed by atoms with Gasteiger partial charge in [0.05, 0.1) is 33.5 Å². The van der Waals surface area contributed by atoms with Crippen LogP contribution in [-0.4, -0.2) is 34.1 Å². The molecule has 0 atom stereocenters. The number of hydrogen-bond donors (Lipinski definition) is 0. The zero-order chi connectivity index (χ0) is 74.0. The van der Waals surface area contributed by atoms with Crippen molar-refractivity contribution in [3.8, 4) is 124 Å². The van der Waals surface area contributed by atoms with Gasteiger partial charge in [0.1, 0.15) is 22.3 Å². The van der Waals surface area contributed by atoms with Crippen molar-refractivity contribution in [1.29, 1.82) is 0 Å². The highest BCUT2D eigenvalue weighted by atomic mass is 16.3. The number of hydrogen-bond acceptors (Lipinski definition) is 7. The molecule has 0 aliphatic heterocycles. The lowest BCUT2D eigenvalue weighted by atomic mass is 10.0. The van der Waals surface area contributed by atoms with Gasteiger partial charge in [-0.15, -0.1) is 0 Å². The van der Waals surface area contributed by atoms with Crippen molar-refractivity contribution in [2.24, 2.45) is 0 Å². The van der Waals surface area contributed by atoms with E-state index in [9.17, 15) is 0 Å². The van der Waals surface area contributed by atoms with Crippen molar-refractivity contribution < 1.29 is 8.83 Å². The van der Waals surface area contributed by atoms with Gasteiger partial charge in [-0.3, -0.25) is 0 Å². The molecular weight excluding hydrogens is 1370 g/mol. The Morgan fingerprint density at radius 1 is 0.179 bits per heavy atom. The lowest BCUT2D eigenvalue weighted by Gasteiger charge is -2.11. The van der Waals surface area contributed by atoms with E-state index in [-0.39, 0.29) is 0 Å². The maximum atomic E-state index is 6.43. The van der Waals surface area contributed by atoms with Crippen LogP contribution in [0.1, 0.15) is 0 Å². The molecule has 0 aliphatic rings. The van der Waals surface area contributed by atoms with Crippen LogP contribution in [0, 0.1) is 0 Å². The zero-order valence-electron chi connectivity index (χ0n) is 60.5. The van der Waals surface area contributed by atoms with Gasteiger partial charge in [-0.25, -0.2) is 24.9 Å². The Hall–Kier alpha value is -15.2. The van der Waals surface area contributed by atoms with Crippen LogP contribution in [0.4, 0.5) is 0 Å². The summed E-state index contributed by atoms with van der Waals surface area (Å²) in [5.41, 5.74) is 27.1. The first kappa shape index (κ1) is 65.1. The number of nitrogens with zero attached hydrogens (tertiary/aromatic N) is 7. The summed E-state index contributed by atoms with van der Waals surface area (Å²) >= 11 is 0. The Kier molecular flexibility index (Phi) is 16.0. The van der Waals surface area contributed by atoms with Crippen LogP contribution in [0.25, 0.3) is 211 Å². The number of fused-ring (bicyclic) bond motifs is 12. The fourth-order valence-electron chi connectivity index (χ4n) is 16.1. The topological polar surface area (TPSA) is 101 Å². The molecule has 0 aliphatic carbocycles. The minimum Gasteiger partial charge on any atom is -0.455 e. The number of benzene rings is 16. The highest BCUT2D eigenvalue weighted by Gasteiger charge is 2.21. The molecule has 0 fully saturated rings. The molecule has 0 saturated carbocycles. The van der Waals surface area contributed by atoms with E-state index in [0.717, 1.165) is 161 Å². The lowest BCUT2D eigenvalue weighted by molar-refractivity contribution is 0.669. The van der Waals surface area contributed by atoms with Crippen LogP contribution in [0.2, 0.25) is 0 Å². The van der Waals surface area contributed by atoms with Crippen molar-refractivity contribution in [2.45, 2.75) is 0 Å². The average Bonchev–Trinajstić information content (AvgIpc) is 1.60. The fraction of sp³-hybridized carbons (Fsp3) is 0. The first-order valence-corrected chi connectivity index (χ1v) is 37.7. The van der Waals surface area contributed by atoms with Crippen molar-refractivity contribution in [3.63, 3.8) is 0 Å². The van der Waals surface area contributed by atoms with Crippen LogP contribution in [0.15, 0.2) is 403 Å². The molecule has 112 heavy (non-hydrogen) atoms. The van der Waals surface area contributed by atoms with Gasteiger partial charge >= 0.3 is 0 Å². The molecule has 524 valence electrons. The van der Waals surface area contributed by atoms with Gasteiger partial charge in [0.2, 0.25) is 0 Å². The summed E-state index contributed by atoms with van der Waals surface area (Å²) in [4.78, 5) is 24.8. The van der Waals surface area contributed by atoms with Crippen molar-refractivity contribution >= 4 is 87.5 Å². The van der Waals surface area contributed by atoms with Gasteiger partial charge in [-0.2, -0.15) is 0 Å². The molecule has 0 N–H and O–H groups in total. The SMILES string of the molecule is c1ccc(-c2cc(-c3ccccc3)nc(-c3ccc(-c4ccc5c(c4)c4ccccc4n5-c4cccc(-c5cccc6c5oc5ccccc56)c4)cc3)n2)cc1.c1ccc(-c2nc(-c3ccccc3)nc(-c3ccc(-c4ccc5c(c4)c4ccccc4n5-c4cccc(-c5cccc6c5oc5ccccc56)c4)cc3)n2)cc1.